The molecule has 1 amide bonds. The Morgan fingerprint density at radius 1 is 1.04 bits per heavy atom. The zero-order valence-corrected chi connectivity index (χ0v) is 15.0. The molecule has 1 heterocycles. The van der Waals surface area contributed by atoms with Crippen LogP contribution in [0.1, 0.15) is 36.9 Å². The molecule has 1 fully saturated rings. The molecule has 2 aromatic carbocycles. The van der Waals surface area contributed by atoms with Gasteiger partial charge in [-0.05, 0) is 56.3 Å². The van der Waals surface area contributed by atoms with Crippen LogP contribution in [-0.2, 0) is 11.2 Å². The Hall–Kier alpha value is -2.13. The highest BCUT2D eigenvalue weighted by Crippen LogP contribution is 2.21. The Bertz CT molecular complexity index is 648. The molecular weight excluding hydrogens is 308 g/mol. The van der Waals surface area contributed by atoms with Crippen molar-refractivity contribution in [3.63, 3.8) is 0 Å². The third-order valence-corrected chi connectivity index (χ3v) is 5.12. The normalized spacial score (nSPS) is 17.2. The van der Waals surface area contributed by atoms with Crippen LogP contribution >= 0.6 is 0 Å². The Balaban J connectivity index is 1.40. The average molecular weight is 336 g/mol. The van der Waals surface area contributed by atoms with Crippen LogP contribution in [0.15, 0.2) is 60.7 Å². The van der Waals surface area contributed by atoms with Crippen LogP contribution < -0.4 is 5.32 Å². The summed E-state index contributed by atoms with van der Waals surface area (Å²) in [5, 5.41) is 3.11. The van der Waals surface area contributed by atoms with Crippen LogP contribution in [0.5, 0.6) is 0 Å². The number of nitrogens with one attached hydrogen (secondary N) is 1. The minimum absolute atomic E-state index is 0.0596. The molecular formula is C22H28N2O. The topological polar surface area (TPSA) is 32.3 Å². The molecule has 3 nitrogen and oxygen atoms in total. The molecule has 0 unspecified atom stereocenters. The van der Waals surface area contributed by atoms with E-state index in [4.69, 9.17) is 0 Å². The second-order valence-corrected chi connectivity index (χ2v) is 7.11. The van der Waals surface area contributed by atoms with Crippen molar-refractivity contribution in [3.8, 4) is 0 Å². The van der Waals surface area contributed by atoms with Crippen molar-refractivity contribution in [2.24, 2.45) is 5.92 Å². The minimum atomic E-state index is 0.0596. The SMILES string of the molecule is C[C@H](NC(=O)CN1CCC(Cc2ccccc2)CC1)c1ccccc1. The van der Waals surface area contributed by atoms with Crippen molar-refractivity contribution < 1.29 is 4.79 Å². The predicted molar refractivity (Wildman–Crippen MR) is 102 cm³/mol. The summed E-state index contributed by atoms with van der Waals surface area (Å²) in [4.78, 5) is 14.6. The summed E-state index contributed by atoms with van der Waals surface area (Å²) < 4.78 is 0. The van der Waals surface area contributed by atoms with Gasteiger partial charge in [-0.25, -0.2) is 0 Å². The van der Waals surface area contributed by atoms with Crippen molar-refractivity contribution in [3.05, 3.63) is 71.8 Å². The van der Waals surface area contributed by atoms with Gasteiger partial charge in [0.25, 0.3) is 0 Å². The highest BCUT2D eigenvalue weighted by molar-refractivity contribution is 5.78. The molecule has 3 heteroatoms. The molecule has 1 aliphatic rings. The lowest BCUT2D eigenvalue weighted by atomic mass is 9.90. The van der Waals surface area contributed by atoms with E-state index in [1.807, 2.05) is 25.1 Å². The number of hydrogen-bond acceptors (Lipinski definition) is 2. The Labute approximate surface area is 151 Å². The van der Waals surface area contributed by atoms with Crippen LogP contribution in [0.3, 0.4) is 0 Å². The Kier molecular flexibility index (Phi) is 6.24. The van der Waals surface area contributed by atoms with E-state index >= 15 is 0 Å². The highest BCUT2D eigenvalue weighted by Gasteiger charge is 2.21. The van der Waals surface area contributed by atoms with Gasteiger partial charge >= 0.3 is 0 Å². The predicted octanol–water partition coefficient (Wildman–Crippen LogP) is 3.82. The van der Waals surface area contributed by atoms with E-state index in [0.29, 0.717) is 6.54 Å². The molecule has 0 aromatic heterocycles. The van der Waals surface area contributed by atoms with Crippen LogP contribution in [0.25, 0.3) is 0 Å². The van der Waals surface area contributed by atoms with E-state index in [0.717, 1.165) is 31.0 Å². The van der Waals surface area contributed by atoms with Crippen molar-refractivity contribution >= 4 is 5.91 Å². The molecule has 0 bridgehead atoms. The molecule has 0 spiro atoms. The summed E-state index contributed by atoms with van der Waals surface area (Å²) in [6, 6.07) is 20.9. The van der Waals surface area contributed by atoms with E-state index in [-0.39, 0.29) is 11.9 Å². The van der Waals surface area contributed by atoms with Gasteiger partial charge in [-0.1, -0.05) is 60.7 Å². The molecule has 1 aliphatic heterocycles. The van der Waals surface area contributed by atoms with E-state index in [9.17, 15) is 4.79 Å². The number of carbonyl (C=O) groups excluding carboxylic acids is 1. The van der Waals surface area contributed by atoms with Gasteiger partial charge in [0.2, 0.25) is 5.91 Å². The highest BCUT2D eigenvalue weighted by atomic mass is 16.2. The summed E-state index contributed by atoms with van der Waals surface area (Å²) in [7, 11) is 0. The van der Waals surface area contributed by atoms with Gasteiger partial charge in [0.05, 0.1) is 12.6 Å². The quantitative estimate of drug-likeness (QED) is 0.870. The molecule has 1 N–H and O–H groups in total. The van der Waals surface area contributed by atoms with Crippen molar-refractivity contribution in [2.45, 2.75) is 32.2 Å². The van der Waals surface area contributed by atoms with Crippen molar-refractivity contribution in [2.75, 3.05) is 19.6 Å². The van der Waals surface area contributed by atoms with E-state index in [2.05, 4.69) is 52.7 Å². The maximum Gasteiger partial charge on any atom is 0.234 e. The third kappa shape index (κ3) is 5.43. The van der Waals surface area contributed by atoms with Gasteiger partial charge < -0.3 is 5.32 Å². The number of hydrogen-bond donors (Lipinski definition) is 1. The summed E-state index contributed by atoms with van der Waals surface area (Å²) in [6.45, 7) is 4.59. The Morgan fingerprint density at radius 2 is 1.64 bits per heavy atom. The second-order valence-electron chi connectivity index (χ2n) is 7.11. The van der Waals surface area contributed by atoms with Crippen LogP contribution in [0, 0.1) is 5.92 Å². The number of amides is 1. The number of carbonyl (C=O) groups is 1. The first-order valence-corrected chi connectivity index (χ1v) is 9.31. The third-order valence-electron chi connectivity index (χ3n) is 5.12. The van der Waals surface area contributed by atoms with Gasteiger partial charge in [0, 0.05) is 0 Å². The summed E-state index contributed by atoms with van der Waals surface area (Å²) in [5.74, 6) is 0.864. The minimum Gasteiger partial charge on any atom is -0.348 e. The van der Waals surface area contributed by atoms with Crippen LogP contribution in [-0.4, -0.2) is 30.4 Å². The van der Waals surface area contributed by atoms with Gasteiger partial charge in [0.15, 0.2) is 0 Å². The number of nitrogens with zero attached hydrogens (tertiary/aromatic N) is 1. The lowest BCUT2D eigenvalue weighted by molar-refractivity contribution is -0.123. The summed E-state index contributed by atoms with van der Waals surface area (Å²) in [6.07, 6.45) is 3.51. The fraction of sp³-hybridized carbons (Fsp3) is 0.409. The number of piperidine rings is 1. The van der Waals surface area contributed by atoms with Gasteiger partial charge in [0.1, 0.15) is 0 Å². The summed E-state index contributed by atoms with van der Waals surface area (Å²) >= 11 is 0. The Morgan fingerprint density at radius 3 is 2.28 bits per heavy atom. The fourth-order valence-corrected chi connectivity index (χ4v) is 3.61. The van der Waals surface area contributed by atoms with Crippen molar-refractivity contribution in [1.29, 1.82) is 0 Å². The molecule has 132 valence electrons. The molecule has 3 rings (SSSR count). The maximum absolute atomic E-state index is 12.3. The molecule has 0 radical (unpaired) electrons. The molecule has 1 saturated heterocycles. The fourth-order valence-electron chi connectivity index (χ4n) is 3.61. The van der Waals surface area contributed by atoms with Crippen LogP contribution in [0.4, 0.5) is 0 Å². The molecule has 0 saturated carbocycles. The van der Waals surface area contributed by atoms with Gasteiger partial charge in [-0.3, -0.25) is 9.69 Å². The lowest BCUT2D eigenvalue weighted by Crippen LogP contribution is -2.42. The average Bonchev–Trinajstić information content (AvgIpc) is 2.65. The first-order valence-electron chi connectivity index (χ1n) is 9.31. The second kappa shape index (κ2) is 8.82. The number of likely N-dealkylation sites (tertiary alicyclic amines) is 1. The monoisotopic (exact) mass is 336 g/mol. The lowest BCUT2D eigenvalue weighted by Gasteiger charge is -2.31. The van der Waals surface area contributed by atoms with Crippen LogP contribution in [0.2, 0.25) is 0 Å². The molecule has 2 aromatic rings. The number of rotatable bonds is 6. The van der Waals surface area contributed by atoms with E-state index < -0.39 is 0 Å². The van der Waals surface area contributed by atoms with Gasteiger partial charge in [-0.2, -0.15) is 0 Å². The standard InChI is InChI=1S/C22H28N2O/c1-18(21-10-6-3-7-11-21)23-22(25)17-24-14-12-20(13-15-24)16-19-8-4-2-5-9-19/h2-11,18,20H,12-17H2,1H3,(H,23,25)/t18-/m0/s1. The van der Waals surface area contributed by atoms with E-state index in [1.165, 1.54) is 18.4 Å². The first-order chi connectivity index (χ1) is 12.2. The molecule has 1 atom stereocenters. The molecule has 0 aliphatic carbocycles. The first kappa shape index (κ1) is 17.7. The van der Waals surface area contributed by atoms with Crippen molar-refractivity contribution in [1.82, 2.24) is 10.2 Å². The van der Waals surface area contributed by atoms with E-state index in [1.54, 1.807) is 0 Å². The zero-order chi connectivity index (χ0) is 17.5. The zero-order valence-electron chi connectivity index (χ0n) is 15.0. The molecule has 25 heavy (non-hydrogen) atoms. The van der Waals surface area contributed by atoms with Gasteiger partial charge in [-0.15, -0.1) is 0 Å². The number of benzene rings is 2. The maximum atomic E-state index is 12.3. The largest absolute Gasteiger partial charge is 0.348 e. The summed E-state index contributed by atoms with van der Waals surface area (Å²) in [5.41, 5.74) is 2.58. The smallest absolute Gasteiger partial charge is 0.234 e.